The number of aryl methyl sites for hydroxylation is 1. The minimum Gasteiger partial charge on any atom is -0.398 e. The third-order valence-electron chi connectivity index (χ3n) is 2.71. The van der Waals surface area contributed by atoms with Gasteiger partial charge < -0.3 is 11.1 Å². The molecule has 98 valence electrons. The van der Waals surface area contributed by atoms with Crippen LogP contribution in [0.1, 0.15) is 15.9 Å². The van der Waals surface area contributed by atoms with Gasteiger partial charge in [-0.3, -0.25) is 4.79 Å². The van der Waals surface area contributed by atoms with Crippen molar-refractivity contribution >= 4 is 44.8 Å². The maximum Gasteiger partial charge on any atom is 0.257 e. The summed E-state index contributed by atoms with van der Waals surface area (Å²) >= 11 is 9.32. The van der Waals surface area contributed by atoms with Crippen LogP contribution in [0.25, 0.3) is 0 Å². The fourth-order valence-electron chi connectivity index (χ4n) is 1.59. The Labute approximate surface area is 124 Å². The summed E-state index contributed by atoms with van der Waals surface area (Å²) in [6, 6.07) is 10.5. The lowest BCUT2D eigenvalue weighted by atomic mass is 10.1. The van der Waals surface area contributed by atoms with Gasteiger partial charge in [0.15, 0.2) is 0 Å². The van der Waals surface area contributed by atoms with Crippen LogP contribution in [0.4, 0.5) is 11.4 Å². The highest BCUT2D eigenvalue weighted by atomic mass is 79.9. The second kappa shape index (κ2) is 5.63. The number of amides is 1. The Balaban J connectivity index is 2.25. The van der Waals surface area contributed by atoms with Gasteiger partial charge in [-0.25, -0.2) is 0 Å². The zero-order valence-electron chi connectivity index (χ0n) is 10.2. The molecule has 2 aromatic rings. The summed E-state index contributed by atoms with van der Waals surface area (Å²) in [5, 5.41) is 3.17. The zero-order chi connectivity index (χ0) is 14.0. The molecule has 0 unspecified atom stereocenters. The molecule has 3 N–H and O–H groups in total. The van der Waals surface area contributed by atoms with E-state index in [4.69, 9.17) is 17.3 Å². The van der Waals surface area contributed by atoms with E-state index in [1.54, 1.807) is 30.3 Å². The van der Waals surface area contributed by atoms with Gasteiger partial charge in [0.1, 0.15) is 0 Å². The molecule has 0 aliphatic heterocycles. The first-order valence-electron chi connectivity index (χ1n) is 5.60. The predicted octanol–water partition coefficient (Wildman–Crippen LogP) is 4.25. The van der Waals surface area contributed by atoms with E-state index in [2.05, 4.69) is 21.2 Å². The standard InChI is InChI=1S/C14H12BrClN2O/c1-8-2-4-10(7-13(8)17)18-14(19)11-6-9(15)3-5-12(11)16/h2-7H,17H2,1H3,(H,18,19). The Bertz CT molecular complexity index is 643. The molecule has 0 aliphatic carbocycles. The number of nitrogens with one attached hydrogen (secondary N) is 1. The number of halogens is 2. The van der Waals surface area contributed by atoms with Crippen LogP contribution in [-0.4, -0.2) is 5.91 Å². The van der Waals surface area contributed by atoms with E-state index < -0.39 is 0 Å². The van der Waals surface area contributed by atoms with Gasteiger partial charge in [-0.1, -0.05) is 33.6 Å². The molecule has 0 aromatic heterocycles. The maximum absolute atomic E-state index is 12.1. The topological polar surface area (TPSA) is 55.1 Å². The average Bonchev–Trinajstić information content (AvgIpc) is 2.36. The third kappa shape index (κ3) is 3.28. The largest absolute Gasteiger partial charge is 0.398 e. The number of rotatable bonds is 2. The number of anilines is 2. The van der Waals surface area contributed by atoms with E-state index in [1.165, 1.54) is 0 Å². The second-order valence-electron chi connectivity index (χ2n) is 4.15. The third-order valence-corrected chi connectivity index (χ3v) is 3.53. The molecule has 2 aromatic carbocycles. The van der Waals surface area contributed by atoms with Crippen LogP contribution in [-0.2, 0) is 0 Å². The fourth-order valence-corrected chi connectivity index (χ4v) is 2.15. The lowest BCUT2D eigenvalue weighted by molar-refractivity contribution is 0.102. The molecule has 0 saturated carbocycles. The second-order valence-corrected chi connectivity index (χ2v) is 5.47. The van der Waals surface area contributed by atoms with Crippen molar-refractivity contribution in [2.75, 3.05) is 11.1 Å². The SMILES string of the molecule is Cc1ccc(NC(=O)c2cc(Br)ccc2Cl)cc1N. The van der Waals surface area contributed by atoms with Crippen LogP contribution in [0.2, 0.25) is 5.02 Å². The van der Waals surface area contributed by atoms with Gasteiger partial charge in [-0.05, 0) is 42.8 Å². The average molecular weight is 340 g/mol. The van der Waals surface area contributed by atoms with Crippen LogP contribution in [0, 0.1) is 6.92 Å². The summed E-state index contributed by atoms with van der Waals surface area (Å²) in [6.45, 7) is 1.91. The number of hydrogen-bond acceptors (Lipinski definition) is 2. The Morgan fingerprint density at radius 2 is 2.00 bits per heavy atom. The smallest absolute Gasteiger partial charge is 0.257 e. The van der Waals surface area contributed by atoms with E-state index in [-0.39, 0.29) is 5.91 Å². The minimum absolute atomic E-state index is 0.269. The van der Waals surface area contributed by atoms with Crippen LogP contribution in [0.5, 0.6) is 0 Å². The number of nitrogen functional groups attached to an aromatic ring is 1. The Morgan fingerprint density at radius 3 is 2.68 bits per heavy atom. The van der Waals surface area contributed by atoms with E-state index in [0.29, 0.717) is 22.0 Å². The summed E-state index contributed by atoms with van der Waals surface area (Å²) in [5.74, 6) is -0.269. The lowest BCUT2D eigenvalue weighted by Gasteiger charge is -2.09. The van der Waals surface area contributed by atoms with Crippen molar-refractivity contribution in [2.45, 2.75) is 6.92 Å². The van der Waals surface area contributed by atoms with Gasteiger partial charge in [-0.15, -0.1) is 0 Å². The minimum atomic E-state index is -0.269. The number of hydrogen-bond donors (Lipinski definition) is 2. The van der Waals surface area contributed by atoms with Crippen molar-refractivity contribution < 1.29 is 4.79 Å². The van der Waals surface area contributed by atoms with Gasteiger partial charge in [0.25, 0.3) is 5.91 Å². The highest BCUT2D eigenvalue weighted by Gasteiger charge is 2.11. The first-order valence-corrected chi connectivity index (χ1v) is 6.77. The van der Waals surface area contributed by atoms with Crippen molar-refractivity contribution in [2.24, 2.45) is 0 Å². The first kappa shape index (κ1) is 13.9. The van der Waals surface area contributed by atoms with Gasteiger partial charge in [0.2, 0.25) is 0 Å². The fraction of sp³-hybridized carbons (Fsp3) is 0.0714. The Morgan fingerprint density at radius 1 is 1.26 bits per heavy atom. The molecular weight excluding hydrogens is 328 g/mol. The molecule has 0 heterocycles. The van der Waals surface area contributed by atoms with Crippen molar-refractivity contribution in [3.63, 3.8) is 0 Å². The highest BCUT2D eigenvalue weighted by molar-refractivity contribution is 9.10. The molecule has 0 radical (unpaired) electrons. The maximum atomic E-state index is 12.1. The van der Waals surface area contributed by atoms with Gasteiger partial charge in [0.05, 0.1) is 10.6 Å². The van der Waals surface area contributed by atoms with E-state index in [0.717, 1.165) is 10.0 Å². The molecule has 19 heavy (non-hydrogen) atoms. The molecule has 0 aliphatic rings. The van der Waals surface area contributed by atoms with Crippen LogP contribution in [0.15, 0.2) is 40.9 Å². The quantitative estimate of drug-likeness (QED) is 0.804. The Hall–Kier alpha value is -1.52. The van der Waals surface area contributed by atoms with Crippen molar-refractivity contribution in [1.82, 2.24) is 0 Å². The van der Waals surface area contributed by atoms with Crippen molar-refractivity contribution in [3.8, 4) is 0 Å². The van der Waals surface area contributed by atoms with E-state index in [9.17, 15) is 4.79 Å². The van der Waals surface area contributed by atoms with E-state index in [1.807, 2.05) is 13.0 Å². The summed E-state index contributed by atoms with van der Waals surface area (Å²) < 4.78 is 0.797. The summed E-state index contributed by atoms with van der Waals surface area (Å²) in [5.41, 5.74) is 8.47. The number of carbonyl (C=O) groups excluding carboxylic acids is 1. The molecule has 3 nitrogen and oxygen atoms in total. The molecule has 5 heteroatoms. The molecule has 0 spiro atoms. The lowest BCUT2D eigenvalue weighted by Crippen LogP contribution is -2.12. The Kier molecular flexibility index (Phi) is 4.12. The molecule has 0 atom stereocenters. The normalized spacial score (nSPS) is 10.3. The number of benzene rings is 2. The van der Waals surface area contributed by atoms with E-state index >= 15 is 0 Å². The molecule has 2 rings (SSSR count). The summed E-state index contributed by atoms with van der Waals surface area (Å²) in [7, 11) is 0. The monoisotopic (exact) mass is 338 g/mol. The van der Waals surface area contributed by atoms with Crippen LogP contribution in [0.3, 0.4) is 0 Å². The number of nitrogens with two attached hydrogens (primary N) is 1. The van der Waals surface area contributed by atoms with Gasteiger partial charge >= 0.3 is 0 Å². The van der Waals surface area contributed by atoms with Crippen LogP contribution >= 0.6 is 27.5 Å². The highest BCUT2D eigenvalue weighted by Crippen LogP contribution is 2.23. The van der Waals surface area contributed by atoms with Gasteiger partial charge in [-0.2, -0.15) is 0 Å². The predicted molar refractivity (Wildman–Crippen MR) is 82.7 cm³/mol. The molecule has 0 fully saturated rings. The molecule has 0 saturated heterocycles. The molecule has 0 bridgehead atoms. The molecule has 1 amide bonds. The summed E-state index contributed by atoms with van der Waals surface area (Å²) in [6.07, 6.45) is 0. The summed E-state index contributed by atoms with van der Waals surface area (Å²) in [4.78, 5) is 12.1. The van der Waals surface area contributed by atoms with Crippen LogP contribution < -0.4 is 11.1 Å². The molecular formula is C14H12BrClN2O. The van der Waals surface area contributed by atoms with Crippen molar-refractivity contribution in [3.05, 3.63) is 57.0 Å². The number of carbonyl (C=O) groups is 1. The van der Waals surface area contributed by atoms with Gasteiger partial charge in [0, 0.05) is 15.8 Å². The zero-order valence-corrected chi connectivity index (χ0v) is 12.5. The first-order chi connectivity index (χ1) is 8.97. The van der Waals surface area contributed by atoms with Crippen molar-refractivity contribution in [1.29, 1.82) is 0 Å².